The van der Waals surface area contributed by atoms with Gasteiger partial charge < -0.3 is 39.0 Å². The molecule has 466 valence electrons. The second kappa shape index (κ2) is 56.6. The third-order valence-electron chi connectivity index (χ3n) is 14.8. The van der Waals surface area contributed by atoms with Crippen LogP contribution >= 0.6 is 0 Å². The zero-order valence-corrected chi connectivity index (χ0v) is 51.5. The van der Waals surface area contributed by atoms with Crippen LogP contribution in [0.4, 0.5) is 0 Å². The number of hydrogen-bond donors (Lipinski definition) is 3. The Morgan fingerprint density at radius 1 is 0.420 bits per heavy atom. The van der Waals surface area contributed by atoms with Crippen molar-refractivity contribution in [3.05, 3.63) is 72.9 Å². The lowest BCUT2D eigenvalue weighted by atomic mass is 9.98. The zero-order valence-electron chi connectivity index (χ0n) is 51.5. The summed E-state index contributed by atoms with van der Waals surface area (Å²) >= 11 is 0. The molecule has 0 saturated carbocycles. The number of hydrogen-bond acceptors (Lipinski definition) is 11. The largest absolute Gasteiger partial charge is 0.479 e. The summed E-state index contributed by atoms with van der Waals surface area (Å²) in [5.41, 5.74) is 0. The van der Waals surface area contributed by atoms with Crippen molar-refractivity contribution < 1.29 is 58.2 Å². The lowest BCUT2D eigenvalue weighted by molar-refractivity contribution is -0.301. The Labute approximate surface area is 493 Å². The van der Waals surface area contributed by atoms with Crippen molar-refractivity contribution >= 4 is 23.9 Å². The highest BCUT2D eigenvalue weighted by Gasteiger charge is 2.50. The van der Waals surface area contributed by atoms with Gasteiger partial charge in [-0.1, -0.05) is 254 Å². The maximum absolute atomic E-state index is 13.2. The minimum absolute atomic E-state index is 0.0392. The smallest absolute Gasteiger partial charge is 0.335 e. The Hall–Kier alpha value is -3.84. The summed E-state index contributed by atoms with van der Waals surface area (Å²) in [7, 11) is 0. The van der Waals surface area contributed by atoms with Crippen LogP contribution in [0.1, 0.15) is 290 Å². The molecule has 0 aromatic rings. The fraction of sp³-hybridized carbons (Fsp3) is 0.768. The monoisotopic (exact) mass is 1140 g/mol. The predicted octanol–water partition coefficient (Wildman–Crippen LogP) is 17.7. The van der Waals surface area contributed by atoms with Crippen molar-refractivity contribution in [1.29, 1.82) is 0 Å². The number of aliphatic hydroxyl groups excluding tert-OH is 2. The van der Waals surface area contributed by atoms with Gasteiger partial charge in [0.2, 0.25) is 0 Å². The van der Waals surface area contributed by atoms with Crippen LogP contribution in [0.2, 0.25) is 0 Å². The Bertz CT molecular complexity index is 1680. The third-order valence-corrected chi connectivity index (χ3v) is 14.8. The number of carbonyl (C=O) groups is 4. The van der Waals surface area contributed by atoms with Gasteiger partial charge in [0.15, 0.2) is 24.6 Å². The number of allylic oxidation sites excluding steroid dienone is 12. The molecular formula is C69H118O12. The van der Waals surface area contributed by atoms with E-state index in [2.05, 4.69) is 93.7 Å². The van der Waals surface area contributed by atoms with E-state index in [0.29, 0.717) is 19.3 Å². The Kier molecular flexibility index (Phi) is 52.6. The number of carboxylic acid groups (broad SMARTS) is 1. The van der Waals surface area contributed by atoms with E-state index >= 15 is 0 Å². The molecule has 0 aromatic carbocycles. The Morgan fingerprint density at radius 3 is 1.21 bits per heavy atom. The van der Waals surface area contributed by atoms with Crippen molar-refractivity contribution in [2.75, 3.05) is 13.2 Å². The predicted molar refractivity (Wildman–Crippen MR) is 331 cm³/mol. The fourth-order valence-electron chi connectivity index (χ4n) is 9.74. The van der Waals surface area contributed by atoms with Gasteiger partial charge in [0.25, 0.3) is 0 Å². The van der Waals surface area contributed by atoms with E-state index in [1.165, 1.54) is 109 Å². The Balaban J connectivity index is 2.67. The second-order valence-electron chi connectivity index (χ2n) is 22.4. The number of aliphatic carboxylic acids is 1. The lowest BCUT2D eigenvalue weighted by Crippen LogP contribution is -2.61. The van der Waals surface area contributed by atoms with Crippen molar-refractivity contribution in [1.82, 2.24) is 0 Å². The minimum Gasteiger partial charge on any atom is -0.479 e. The standard InChI is InChI=1S/C69H118O12/c1-4-7-10-13-16-19-22-25-28-30-31-33-35-37-40-43-46-49-52-55-61(70)77-58-60(79-62(71)56-53-50-47-44-41-39-36-32-29-26-23-20-17-14-11-8-5-2)59-78-69-67(65(74)64(73)66(81-69)68(75)76)80-63(72)57-54-51-48-45-42-38-34-27-24-21-18-15-12-9-6-3/h9,12,16,18-19,21,25,27-28,31,33-34,60,64-67,69,73-74H,4-8,10-11,13-15,17,20,22-24,26,29-30,32,35-59H2,1-3H3,(H,75,76)/b12-9-,19-16-,21-18-,28-25-,33-31-,34-27-. The number of esters is 3. The van der Waals surface area contributed by atoms with Crippen LogP contribution in [0.5, 0.6) is 0 Å². The average molecular weight is 1140 g/mol. The molecule has 6 unspecified atom stereocenters. The maximum Gasteiger partial charge on any atom is 0.335 e. The lowest BCUT2D eigenvalue weighted by Gasteiger charge is -2.40. The summed E-state index contributed by atoms with van der Waals surface area (Å²) in [6, 6.07) is 0. The number of carboxylic acids is 1. The molecule has 1 rings (SSSR count). The molecule has 0 bridgehead atoms. The van der Waals surface area contributed by atoms with E-state index < -0.39 is 67.3 Å². The minimum atomic E-state index is -1.91. The fourth-order valence-corrected chi connectivity index (χ4v) is 9.74. The molecule has 1 heterocycles. The van der Waals surface area contributed by atoms with Gasteiger partial charge in [0.05, 0.1) is 6.61 Å². The topological polar surface area (TPSA) is 175 Å². The zero-order chi connectivity index (χ0) is 58.9. The first-order chi connectivity index (χ1) is 39.6. The third kappa shape index (κ3) is 46.3. The van der Waals surface area contributed by atoms with Gasteiger partial charge in [-0.25, -0.2) is 4.79 Å². The van der Waals surface area contributed by atoms with Gasteiger partial charge >= 0.3 is 23.9 Å². The van der Waals surface area contributed by atoms with Crippen LogP contribution in [-0.2, 0) is 42.9 Å². The molecular weight excluding hydrogens is 1020 g/mol. The van der Waals surface area contributed by atoms with E-state index in [4.69, 9.17) is 23.7 Å². The number of carbonyl (C=O) groups excluding carboxylic acids is 3. The number of ether oxygens (including phenoxy) is 5. The first-order valence-electron chi connectivity index (χ1n) is 32.9. The molecule has 0 aromatic heterocycles. The summed E-state index contributed by atoms with van der Waals surface area (Å²) in [4.78, 5) is 51.3. The quantitative estimate of drug-likeness (QED) is 0.0228. The summed E-state index contributed by atoms with van der Waals surface area (Å²) in [6.45, 7) is 5.87. The van der Waals surface area contributed by atoms with Crippen LogP contribution in [0.25, 0.3) is 0 Å². The second-order valence-corrected chi connectivity index (χ2v) is 22.4. The molecule has 1 aliphatic rings. The highest BCUT2D eigenvalue weighted by atomic mass is 16.7. The summed E-state index contributed by atoms with van der Waals surface area (Å²) in [6.07, 6.45) is 60.0. The molecule has 1 saturated heterocycles. The normalized spacial score (nSPS) is 18.2. The molecule has 3 N–H and O–H groups in total. The molecule has 81 heavy (non-hydrogen) atoms. The highest BCUT2D eigenvalue weighted by molar-refractivity contribution is 5.74. The first-order valence-corrected chi connectivity index (χ1v) is 32.9. The van der Waals surface area contributed by atoms with Crippen LogP contribution < -0.4 is 0 Å². The molecule has 12 heteroatoms. The Morgan fingerprint density at radius 2 is 0.778 bits per heavy atom. The average Bonchev–Trinajstić information content (AvgIpc) is 3.53. The van der Waals surface area contributed by atoms with E-state index in [1.807, 2.05) is 0 Å². The molecule has 6 atom stereocenters. The number of aliphatic hydroxyl groups is 2. The first kappa shape index (κ1) is 75.2. The van der Waals surface area contributed by atoms with Gasteiger partial charge in [0.1, 0.15) is 18.8 Å². The van der Waals surface area contributed by atoms with E-state index in [-0.39, 0.29) is 25.9 Å². The van der Waals surface area contributed by atoms with Gasteiger partial charge in [-0.05, 0) is 89.9 Å². The van der Waals surface area contributed by atoms with Crippen LogP contribution in [-0.4, -0.2) is 89.2 Å². The molecule has 1 fully saturated rings. The maximum atomic E-state index is 13.2. The SMILES string of the molecule is CC/C=C\C/C=C\C/C=C\CCCCCCCC(=O)OC1C(OCC(COC(=O)CCCCCCCC/C=C\C/C=C\C/C=C\CCCCC)OC(=O)CCCCCCCCCCCCCCCCCCC)OC(C(=O)O)C(O)C1O. The molecule has 0 radical (unpaired) electrons. The van der Waals surface area contributed by atoms with Crippen molar-refractivity contribution in [2.45, 2.75) is 327 Å². The number of unbranched alkanes of at least 4 members (excludes halogenated alkanes) is 30. The van der Waals surface area contributed by atoms with Crippen LogP contribution in [0, 0.1) is 0 Å². The molecule has 0 spiro atoms. The van der Waals surface area contributed by atoms with Gasteiger partial charge in [-0.2, -0.15) is 0 Å². The van der Waals surface area contributed by atoms with E-state index in [0.717, 1.165) is 122 Å². The van der Waals surface area contributed by atoms with E-state index in [9.17, 15) is 34.5 Å². The van der Waals surface area contributed by atoms with Gasteiger partial charge in [0, 0.05) is 19.3 Å². The highest BCUT2D eigenvalue weighted by Crippen LogP contribution is 2.27. The van der Waals surface area contributed by atoms with Crippen molar-refractivity contribution in [3.63, 3.8) is 0 Å². The summed E-state index contributed by atoms with van der Waals surface area (Å²) in [5, 5.41) is 31.6. The number of rotatable bonds is 56. The summed E-state index contributed by atoms with van der Waals surface area (Å²) in [5.74, 6) is -3.14. The van der Waals surface area contributed by atoms with Crippen LogP contribution in [0.3, 0.4) is 0 Å². The molecule has 0 aliphatic carbocycles. The van der Waals surface area contributed by atoms with Crippen LogP contribution in [0.15, 0.2) is 72.9 Å². The van der Waals surface area contributed by atoms with Crippen molar-refractivity contribution in [3.8, 4) is 0 Å². The van der Waals surface area contributed by atoms with E-state index in [1.54, 1.807) is 0 Å². The van der Waals surface area contributed by atoms with Gasteiger partial charge in [-0.3, -0.25) is 14.4 Å². The molecule has 0 amide bonds. The van der Waals surface area contributed by atoms with Crippen molar-refractivity contribution in [2.24, 2.45) is 0 Å². The molecule has 1 aliphatic heterocycles. The van der Waals surface area contributed by atoms with Gasteiger partial charge in [-0.15, -0.1) is 0 Å². The summed E-state index contributed by atoms with van der Waals surface area (Å²) < 4.78 is 28.5. The molecule has 12 nitrogen and oxygen atoms in total.